The first-order valence-corrected chi connectivity index (χ1v) is 10.8. The van der Waals surface area contributed by atoms with Crippen LogP contribution >= 0.6 is 11.3 Å². The van der Waals surface area contributed by atoms with Crippen molar-refractivity contribution < 1.29 is 19.4 Å². The number of non-ortho nitro benzene ring substituents is 1. The van der Waals surface area contributed by atoms with Crippen molar-refractivity contribution in [1.29, 1.82) is 0 Å². The summed E-state index contributed by atoms with van der Waals surface area (Å²) in [6, 6.07) is 7.37. The van der Waals surface area contributed by atoms with Crippen LogP contribution in [0.15, 0.2) is 51.8 Å². The second-order valence-electron chi connectivity index (χ2n) is 7.55. The van der Waals surface area contributed by atoms with E-state index in [4.69, 9.17) is 10.2 Å². The van der Waals surface area contributed by atoms with Gasteiger partial charge in [0.2, 0.25) is 5.13 Å². The highest BCUT2D eigenvalue weighted by Crippen LogP contribution is 2.42. The lowest BCUT2D eigenvalue weighted by atomic mass is 10.0. The van der Waals surface area contributed by atoms with E-state index in [9.17, 15) is 30.1 Å². The lowest BCUT2D eigenvalue weighted by Crippen LogP contribution is -2.02. The number of hydrogen-bond donors (Lipinski definition) is 2. The molecule has 0 saturated carbocycles. The first-order chi connectivity index (χ1) is 17.1. The summed E-state index contributed by atoms with van der Waals surface area (Å²) in [6.07, 6.45) is 1.38. The molecule has 0 unspecified atom stereocenters. The Morgan fingerprint density at radius 1 is 1.11 bits per heavy atom. The smallest absolute Gasteiger partial charge is 0.336 e. The number of nitro groups is 2. The number of anilines is 1. The third-order valence-corrected chi connectivity index (χ3v) is 6.12. The molecular weight excluding hydrogens is 494 g/mol. The molecule has 5 aromatic rings. The highest BCUT2D eigenvalue weighted by Gasteiger charge is 2.27. The number of nitro benzene ring substituents is 2. The van der Waals surface area contributed by atoms with Crippen molar-refractivity contribution in [1.82, 2.24) is 20.0 Å². The molecule has 5 rings (SSSR count). The van der Waals surface area contributed by atoms with Gasteiger partial charge in [-0.05, 0) is 30.7 Å². The summed E-state index contributed by atoms with van der Waals surface area (Å²) >= 11 is 0.998. The van der Waals surface area contributed by atoms with Crippen LogP contribution in [0, 0.1) is 27.2 Å². The predicted molar refractivity (Wildman–Crippen MR) is 128 cm³/mol. The molecule has 0 fully saturated rings. The largest absolute Gasteiger partial charge is 0.507 e. The summed E-state index contributed by atoms with van der Waals surface area (Å²) in [5.41, 5.74) is 4.96. The van der Waals surface area contributed by atoms with Gasteiger partial charge in [-0.25, -0.2) is 9.48 Å². The molecule has 14 nitrogen and oxygen atoms in total. The summed E-state index contributed by atoms with van der Waals surface area (Å²) in [6.45, 7) is 1.70. The van der Waals surface area contributed by atoms with Gasteiger partial charge in [0.25, 0.3) is 5.69 Å². The van der Waals surface area contributed by atoms with E-state index in [1.54, 1.807) is 13.0 Å². The van der Waals surface area contributed by atoms with Gasteiger partial charge in [-0.3, -0.25) is 20.2 Å². The molecule has 0 aliphatic heterocycles. The predicted octanol–water partition coefficient (Wildman–Crippen LogP) is 3.58. The fraction of sp³-hybridized carbons (Fsp3) is 0.0476. The van der Waals surface area contributed by atoms with Gasteiger partial charge in [-0.1, -0.05) is 11.3 Å². The second kappa shape index (κ2) is 8.24. The Labute approximate surface area is 203 Å². The number of fused-ring (bicyclic) bond motifs is 1. The van der Waals surface area contributed by atoms with Crippen LogP contribution in [0.5, 0.6) is 5.75 Å². The van der Waals surface area contributed by atoms with E-state index in [1.165, 1.54) is 24.4 Å². The molecule has 0 atom stereocenters. The summed E-state index contributed by atoms with van der Waals surface area (Å²) in [4.78, 5) is 33.5. The number of aryl methyl sites for hydroxylation is 1. The number of aromatic hydroxyl groups is 1. The van der Waals surface area contributed by atoms with Crippen LogP contribution in [0.2, 0.25) is 0 Å². The van der Waals surface area contributed by atoms with E-state index in [2.05, 4.69) is 15.3 Å². The standard InChI is InChI=1S/C21H13N7O7S/c1-9-6-16(30)35-19-11(9)3-5-15(29)17(19)18-12(20-23-24-21(22)36-20)8-26(25-18)13-4-2-10(27(31)32)7-14(13)28(33)34/h2-8,29H,1H3,(H2,22,24). The van der Waals surface area contributed by atoms with Crippen LogP contribution in [0.3, 0.4) is 0 Å². The van der Waals surface area contributed by atoms with Crippen molar-refractivity contribution >= 4 is 38.8 Å². The molecule has 15 heteroatoms. The molecule has 0 saturated heterocycles. The number of rotatable bonds is 5. The number of phenols is 1. The third-order valence-electron chi connectivity index (χ3n) is 5.33. The molecule has 36 heavy (non-hydrogen) atoms. The van der Waals surface area contributed by atoms with Crippen molar-refractivity contribution in [2.45, 2.75) is 6.92 Å². The monoisotopic (exact) mass is 507 g/mol. The zero-order valence-corrected chi connectivity index (χ0v) is 18.9. The van der Waals surface area contributed by atoms with Crippen molar-refractivity contribution in [3.8, 4) is 33.3 Å². The number of nitrogens with zero attached hydrogens (tertiary/aromatic N) is 6. The Kier molecular flexibility index (Phi) is 5.17. The zero-order valence-electron chi connectivity index (χ0n) is 18.1. The minimum atomic E-state index is -0.774. The Morgan fingerprint density at radius 3 is 2.56 bits per heavy atom. The number of benzene rings is 2. The lowest BCUT2D eigenvalue weighted by Gasteiger charge is -2.08. The molecule has 180 valence electrons. The Morgan fingerprint density at radius 2 is 1.89 bits per heavy atom. The molecule has 0 aliphatic carbocycles. The number of phenolic OH excluding ortho intramolecular Hbond substituents is 1. The van der Waals surface area contributed by atoms with Crippen LogP contribution in [0.25, 0.3) is 38.5 Å². The minimum Gasteiger partial charge on any atom is -0.507 e. The summed E-state index contributed by atoms with van der Waals surface area (Å²) in [7, 11) is 0. The maximum absolute atomic E-state index is 12.1. The first-order valence-electron chi connectivity index (χ1n) is 10.0. The van der Waals surface area contributed by atoms with E-state index in [0.29, 0.717) is 10.9 Å². The summed E-state index contributed by atoms with van der Waals surface area (Å²) in [5.74, 6) is -0.279. The number of nitrogen functional groups attached to an aromatic ring is 1. The highest BCUT2D eigenvalue weighted by molar-refractivity contribution is 7.18. The number of nitrogens with two attached hydrogens (primary N) is 1. The van der Waals surface area contributed by atoms with Crippen LogP contribution in [-0.4, -0.2) is 34.9 Å². The first kappa shape index (κ1) is 22.6. The van der Waals surface area contributed by atoms with Crippen LogP contribution in [0.4, 0.5) is 16.5 Å². The normalized spacial score (nSPS) is 11.1. The van der Waals surface area contributed by atoms with Crippen molar-refractivity contribution in [3.05, 3.63) is 78.8 Å². The van der Waals surface area contributed by atoms with Gasteiger partial charge < -0.3 is 15.3 Å². The van der Waals surface area contributed by atoms with E-state index >= 15 is 0 Å². The van der Waals surface area contributed by atoms with Gasteiger partial charge in [-0.2, -0.15) is 5.10 Å². The molecule has 3 heterocycles. The highest BCUT2D eigenvalue weighted by atomic mass is 32.1. The van der Waals surface area contributed by atoms with Gasteiger partial charge >= 0.3 is 11.3 Å². The summed E-state index contributed by atoms with van der Waals surface area (Å²) in [5, 5.41) is 46.8. The van der Waals surface area contributed by atoms with E-state index in [-0.39, 0.29) is 44.0 Å². The molecule has 2 aromatic carbocycles. The van der Waals surface area contributed by atoms with Gasteiger partial charge in [0.05, 0.1) is 27.0 Å². The molecule has 0 aliphatic rings. The molecule has 3 aromatic heterocycles. The fourth-order valence-electron chi connectivity index (χ4n) is 3.75. The second-order valence-corrected chi connectivity index (χ2v) is 8.56. The molecule has 0 bridgehead atoms. The SMILES string of the molecule is Cc1cc(=O)oc2c(-c3nn(-c4ccc([N+](=O)[O-])cc4[N+](=O)[O-])cc3-c3nnc(N)s3)c(O)ccc12. The van der Waals surface area contributed by atoms with Gasteiger partial charge in [-0.15, -0.1) is 10.2 Å². The molecular formula is C21H13N7O7S. The van der Waals surface area contributed by atoms with Gasteiger partial charge in [0.15, 0.2) is 10.6 Å². The molecule has 0 spiro atoms. The van der Waals surface area contributed by atoms with Crippen LogP contribution in [0.1, 0.15) is 5.56 Å². The van der Waals surface area contributed by atoms with E-state index in [1.807, 2.05) is 0 Å². The molecule has 3 N–H and O–H groups in total. The number of hydrogen-bond acceptors (Lipinski definition) is 12. The molecule has 0 radical (unpaired) electrons. The maximum atomic E-state index is 12.1. The maximum Gasteiger partial charge on any atom is 0.336 e. The Balaban J connectivity index is 1.85. The summed E-state index contributed by atoms with van der Waals surface area (Å²) < 4.78 is 6.54. The van der Waals surface area contributed by atoms with Crippen LogP contribution in [-0.2, 0) is 0 Å². The van der Waals surface area contributed by atoms with Crippen molar-refractivity contribution in [2.75, 3.05) is 5.73 Å². The fourth-order valence-corrected chi connectivity index (χ4v) is 4.37. The quantitative estimate of drug-likeness (QED) is 0.200. The third kappa shape index (κ3) is 3.68. The van der Waals surface area contributed by atoms with Crippen LogP contribution < -0.4 is 11.4 Å². The minimum absolute atomic E-state index is 0.0420. The average Bonchev–Trinajstić information content (AvgIpc) is 3.44. The topological polar surface area (TPSA) is 206 Å². The van der Waals surface area contributed by atoms with Crippen molar-refractivity contribution in [2.24, 2.45) is 0 Å². The Hall–Kier alpha value is -5.18. The average molecular weight is 507 g/mol. The van der Waals surface area contributed by atoms with Gasteiger partial charge in [0.1, 0.15) is 17.1 Å². The molecule has 0 amide bonds. The van der Waals surface area contributed by atoms with Gasteiger partial charge in [0, 0.05) is 23.7 Å². The van der Waals surface area contributed by atoms with E-state index < -0.39 is 26.8 Å². The number of aromatic nitrogens is 4. The van der Waals surface area contributed by atoms with Crippen molar-refractivity contribution in [3.63, 3.8) is 0 Å². The zero-order chi connectivity index (χ0) is 25.7. The Bertz CT molecular complexity index is 1770. The lowest BCUT2D eigenvalue weighted by molar-refractivity contribution is -0.394. The van der Waals surface area contributed by atoms with E-state index in [0.717, 1.165) is 28.2 Å².